The lowest BCUT2D eigenvalue weighted by Gasteiger charge is -2.13. The molecule has 0 aliphatic rings. The lowest BCUT2D eigenvalue weighted by atomic mass is 10.1. The molecule has 0 spiro atoms. The molecule has 1 aromatic rings. The van der Waals surface area contributed by atoms with Crippen LogP contribution in [0.4, 0.5) is 0 Å². The maximum atomic E-state index is 12.6. The summed E-state index contributed by atoms with van der Waals surface area (Å²) in [6, 6.07) is 3.60. The minimum Gasteiger partial charge on any atom is -0.498 e. The van der Waals surface area contributed by atoms with E-state index in [1.807, 2.05) is 0 Å². The van der Waals surface area contributed by atoms with Crippen molar-refractivity contribution in [2.45, 2.75) is 27.1 Å². The highest BCUT2D eigenvalue weighted by Crippen LogP contribution is 2.15. The summed E-state index contributed by atoms with van der Waals surface area (Å²) >= 11 is 0. The lowest BCUT2D eigenvalue weighted by Crippen LogP contribution is -2.20. The Kier molecular flexibility index (Phi) is 16.0. The first-order valence-corrected chi connectivity index (χ1v) is 12.1. The SMILES string of the molecule is C=COCCOC(=O)c1cc(C(=O)OCCOCCOC(=O)C(=C)C)cc(C(=O)OCCOC(C)OC(C)=O)c1. The van der Waals surface area contributed by atoms with Crippen molar-refractivity contribution >= 4 is 29.8 Å². The molecular formula is C27H34O13. The van der Waals surface area contributed by atoms with E-state index in [0.717, 1.165) is 0 Å². The Morgan fingerprint density at radius 2 is 1.18 bits per heavy atom. The molecule has 0 aliphatic heterocycles. The van der Waals surface area contributed by atoms with Gasteiger partial charge in [0.15, 0.2) is 6.29 Å². The van der Waals surface area contributed by atoms with Crippen LogP contribution in [-0.4, -0.2) is 89.0 Å². The van der Waals surface area contributed by atoms with Gasteiger partial charge in [0.2, 0.25) is 0 Å². The predicted molar refractivity (Wildman–Crippen MR) is 137 cm³/mol. The maximum Gasteiger partial charge on any atom is 0.338 e. The van der Waals surface area contributed by atoms with Gasteiger partial charge in [0, 0.05) is 12.5 Å². The summed E-state index contributed by atoms with van der Waals surface area (Å²) in [5.41, 5.74) is -0.0721. The Labute approximate surface area is 231 Å². The van der Waals surface area contributed by atoms with Crippen LogP contribution in [0, 0.1) is 0 Å². The van der Waals surface area contributed by atoms with Crippen LogP contribution in [0.25, 0.3) is 0 Å². The molecule has 220 valence electrons. The van der Waals surface area contributed by atoms with E-state index in [-0.39, 0.29) is 75.1 Å². The van der Waals surface area contributed by atoms with Gasteiger partial charge in [0.25, 0.3) is 0 Å². The van der Waals surface area contributed by atoms with Crippen LogP contribution in [0.2, 0.25) is 0 Å². The summed E-state index contributed by atoms with van der Waals surface area (Å²) < 4.78 is 40.4. The fourth-order valence-corrected chi connectivity index (χ4v) is 2.72. The molecule has 13 heteroatoms. The molecule has 0 saturated carbocycles. The van der Waals surface area contributed by atoms with Gasteiger partial charge in [-0.2, -0.15) is 0 Å². The highest BCUT2D eigenvalue weighted by molar-refractivity contribution is 6.00. The van der Waals surface area contributed by atoms with E-state index in [2.05, 4.69) is 13.2 Å². The van der Waals surface area contributed by atoms with Gasteiger partial charge in [-0.15, -0.1) is 0 Å². The zero-order chi connectivity index (χ0) is 29.9. The van der Waals surface area contributed by atoms with Crippen LogP contribution < -0.4 is 0 Å². The third kappa shape index (κ3) is 14.1. The van der Waals surface area contributed by atoms with Crippen LogP contribution in [0.3, 0.4) is 0 Å². The van der Waals surface area contributed by atoms with Crippen molar-refractivity contribution in [3.05, 3.63) is 59.9 Å². The van der Waals surface area contributed by atoms with Crippen molar-refractivity contribution in [3.8, 4) is 0 Å². The molecule has 0 N–H and O–H groups in total. The van der Waals surface area contributed by atoms with E-state index >= 15 is 0 Å². The molecule has 40 heavy (non-hydrogen) atoms. The molecule has 0 bridgehead atoms. The average Bonchev–Trinajstić information content (AvgIpc) is 2.91. The van der Waals surface area contributed by atoms with Crippen LogP contribution in [0.15, 0.2) is 43.2 Å². The zero-order valence-corrected chi connectivity index (χ0v) is 22.8. The molecule has 1 atom stereocenters. The van der Waals surface area contributed by atoms with Crippen molar-refractivity contribution in [2.75, 3.05) is 52.9 Å². The monoisotopic (exact) mass is 566 g/mol. The molecule has 1 unspecified atom stereocenters. The summed E-state index contributed by atoms with van der Waals surface area (Å²) in [4.78, 5) is 60.0. The third-order valence-corrected chi connectivity index (χ3v) is 4.46. The number of hydrogen-bond donors (Lipinski definition) is 0. The van der Waals surface area contributed by atoms with Crippen molar-refractivity contribution in [1.29, 1.82) is 0 Å². The fraction of sp³-hybridized carbons (Fsp3) is 0.444. The van der Waals surface area contributed by atoms with Crippen LogP contribution in [0.5, 0.6) is 0 Å². The Morgan fingerprint density at radius 1 is 0.725 bits per heavy atom. The number of hydrogen-bond acceptors (Lipinski definition) is 13. The summed E-state index contributed by atoms with van der Waals surface area (Å²) in [7, 11) is 0. The van der Waals surface area contributed by atoms with Gasteiger partial charge in [-0.1, -0.05) is 13.2 Å². The van der Waals surface area contributed by atoms with Crippen molar-refractivity contribution in [3.63, 3.8) is 0 Å². The predicted octanol–water partition coefficient (Wildman–Crippen LogP) is 2.38. The fourth-order valence-electron chi connectivity index (χ4n) is 2.72. The molecular weight excluding hydrogens is 532 g/mol. The standard InChI is InChI=1S/C27H34O13/c1-6-33-7-10-37-25(30)21-15-22(26(31)38-12-9-34-8-11-36-24(29)18(2)3)17-23(16-21)27(32)39-14-13-35-20(5)40-19(4)28/h6,15-17,20H,1-2,7-14H2,3-5H3. The Morgan fingerprint density at radius 3 is 1.62 bits per heavy atom. The van der Waals surface area contributed by atoms with Gasteiger partial charge in [0.05, 0.1) is 42.8 Å². The second-order valence-corrected chi connectivity index (χ2v) is 7.82. The van der Waals surface area contributed by atoms with E-state index in [4.69, 9.17) is 37.9 Å². The van der Waals surface area contributed by atoms with Crippen molar-refractivity contribution in [1.82, 2.24) is 0 Å². The number of esters is 5. The molecule has 0 saturated heterocycles. The molecule has 0 fully saturated rings. The highest BCUT2D eigenvalue weighted by atomic mass is 16.7. The number of carbonyl (C=O) groups excluding carboxylic acids is 5. The first kappa shape index (κ1) is 33.8. The van der Waals surface area contributed by atoms with Crippen LogP contribution in [0.1, 0.15) is 51.8 Å². The van der Waals surface area contributed by atoms with Crippen molar-refractivity contribution < 1.29 is 61.9 Å². The molecule has 0 radical (unpaired) electrons. The molecule has 0 aromatic heterocycles. The first-order valence-electron chi connectivity index (χ1n) is 12.1. The quantitative estimate of drug-likeness (QED) is 0.0600. The number of carbonyl (C=O) groups is 5. The third-order valence-electron chi connectivity index (χ3n) is 4.46. The Bertz CT molecular complexity index is 1050. The van der Waals surface area contributed by atoms with Gasteiger partial charge in [0.1, 0.15) is 33.0 Å². The van der Waals surface area contributed by atoms with Gasteiger partial charge >= 0.3 is 29.8 Å². The second kappa shape index (κ2) is 18.9. The van der Waals surface area contributed by atoms with E-state index in [9.17, 15) is 24.0 Å². The summed E-state index contributed by atoms with van der Waals surface area (Å²) in [5.74, 6) is -3.58. The smallest absolute Gasteiger partial charge is 0.338 e. The molecule has 0 amide bonds. The minimum absolute atomic E-state index is 0.000806. The van der Waals surface area contributed by atoms with Crippen molar-refractivity contribution in [2.24, 2.45) is 0 Å². The average molecular weight is 567 g/mol. The Hall–Kier alpha value is -4.23. The molecule has 1 rings (SSSR count). The zero-order valence-electron chi connectivity index (χ0n) is 22.8. The summed E-state index contributed by atoms with van der Waals surface area (Å²) in [6.07, 6.45) is 0.351. The van der Waals surface area contributed by atoms with E-state index < -0.39 is 36.1 Å². The maximum absolute atomic E-state index is 12.6. The lowest BCUT2D eigenvalue weighted by molar-refractivity contribution is -0.173. The molecule has 13 nitrogen and oxygen atoms in total. The van der Waals surface area contributed by atoms with E-state index in [0.29, 0.717) is 0 Å². The van der Waals surface area contributed by atoms with E-state index in [1.54, 1.807) is 0 Å². The van der Waals surface area contributed by atoms with Gasteiger partial charge in [-0.25, -0.2) is 19.2 Å². The molecule has 1 aromatic carbocycles. The highest BCUT2D eigenvalue weighted by Gasteiger charge is 2.19. The normalized spacial score (nSPS) is 11.0. The number of ether oxygens (including phenoxy) is 8. The summed E-state index contributed by atoms with van der Waals surface area (Å²) in [6.45, 7) is 10.7. The molecule has 0 heterocycles. The van der Waals surface area contributed by atoms with Gasteiger partial charge in [-0.3, -0.25) is 4.79 Å². The van der Waals surface area contributed by atoms with Gasteiger partial charge < -0.3 is 37.9 Å². The second-order valence-electron chi connectivity index (χ2n) is 7.82. The molecule has 0 aliphatic carbocycles. The topological polar surface area (TPSA) is 159 Å². The van der Waals surface area contributed by atoms with Gasteiger partial charge in [-0.05, 0) is 32.0 Å². The van der Waals surface area contributed by atoms with Crippen LogP contribution in [-0.2, 0) is 47.5 Å². The summed E-state index contributed by atoms with van der Waals surface area (Å²) in [5, 5.41) is 0. The number of rotatable bonds is 19. The minimum atomic E-state index is -0.852. The van der Waals surface area contributed by atoms with E-state index in [1.165, 1.54) is 45.2 Å². The van der Waals surface area contributed by atoms with Crippen LogP contribution >= 0.6 is 0 Å². The Balaban J connectivity index is 2.77. The first-order chi connectivity index (χ1) is 19.0. The number of benzene rings is 1. The largest absolute Gasteiger partial charge is 0.498 e.